The van der Waals surface area contributed by atoms with E-state index in [1.54, 1.807) is 19.0 Å². The molecule has 1 aromatic heterocycles. The van der Waals surface area contributed by atoms with Crippen molar-refractivity contribution in [2.75, 3.05) is 20.6 Å². The van der Waals surface area contributed by atoms with Crippen molar-refractivity contribution in [3.63, 3.8) is 0 Å². The van der Waals surface area contributed by atoms with E-state index >= 15 is 0 Å². The Balaban J connectivity index is 2.00. The van der Waals surface area contributed by atoms with Crippen LogP contribution in [0.15, 0.2) is 42.7 Å². The van der Waals surface area contributed by atoms with Gasteiger partial charge in [-0.25, -0.2) is 4.68 Å². The van der Waals surface area contributed by atoms with Crippen LogP contribution in [0.25, 0.3) is 5.69 Å². The lowest BCUT2D eigenvalue weighted by atomic mass is 10.2. The number of hydrogen-bond acceptors (Lipinski definition) is 3. The first-order valence-corrected chi connectivity index (χ1v) is 6.61. The number of hydrogen-bond donors (Lipinski definition) is 1. The molecule has 0 saturated heterocycles. The van der Waals surface area contributed by atoms with Crippen LogP contribution in [0.2, 0.25) is 0 Å². The van der Waals surface area contributed by atoms with E-state index in [-0.39, 0.29) is 11.9 Å². The molecule has 0 aliphatic rings. The quantitative estimate of drug-likeness (QED) is 0.899. The van der Waals surface area contributed by atoms with Crippen molar-refractivity contribution in [3.8, 4) is 5.69 Å². The van der Waals surface area contributed by atoms with Crippen molar-refractivity contribution in [1.82, 2.24) is 20.0 Å². The summed E-state index contributed by atoms with van der Waals surface area (Å²) in [7, 11) is 3.50. The van der Waals surface area contributed by atoms with Gasteiger partial charge in [-0.1, -0.05) is 18.2 Å². The van der Waals surface area contributed by atoms with Crippen molar-refractivity contribution in [3.05, 3.63) is 48.3 Å². The first-order chi connectivity index (χ1) is 9.58. The molecule has 1 unspecified atom stereocenters. The zero-order valence-electron chi connectivity index (χ0n) is 12.1. The summed E-state index contributed by atoms with van der Waals surface area (Å²) in [6, 6.07) is 10.0. The molecule has 0 aliphatic carbocycles. The summed E-state index contributed by atoms with van der Waals surface area (Å²) in [6.45, 7) is 2.35. The second-order valence-corrected chi connectivity index (χ2v) is 4.94. The highest BCUT2D eigenvalue weighted by molar-refractivity contribution is 5.77. The monoisotopic (exact) mass is 272 g/mol. The van der Waals surface area contributed by atoms with Crippen LogP contribution in [-0.4, -0.2) is 41.2 Å². The Kier molecular flexibility index (Phi) is 4.53. The second kappa shape index (κ2) is 6.34. The number of nitrogens with one attached hydrogen (secondary N) is 1. The van der Waals surface area contributed by atoms with Crippen molar-refractivity contribution >= 4 is 5.91 Å². The molecule has 2 aromatic rings. The van der Waals surface area contributed by atoms with E-state index in [0.29, 0.717) is 6.54 Å². The van der Waals surface area contributed by atoms with Gasteiger partial charge in [-0.05, 0) is 19.1 Å². The molecular weight excluding hydrogens is 252 g/mol. The molecular formula is C15H20N4O. The molecule has 1 heterocycles. The topological polar surface area (TPSA) is 50.2 Å². The van der Waals surface area contributed by atoms with Gasteiger partial charge in [0.1, 0.15) is 0 Å². The Bertz CT molecular complexity index is 562. The molecule has 0 saturated carbocycles. The van der Waals surface area contributed by atoms with Crippen LogP contribution in [-0.2, 0) is 4.79 Å². The molecule has 106 valence electrons. The van der Waals surface area contributed by atoms with E-state index in [4.69, 9.17) is 0 Å². The molecule has 0 radical (unpaired) electrons. The van der Waals surface area contributed by atoms with Gasteiger partial charge in [-0.2, -0.15) is 5.10 Å². The van der Waals surface area contributed by atoms with Crippen molar-refractivity contribution in [1.29, 1.82) is 0 Å². The van der Waals surface area contributed by atoms with Gasteiger partial charge in [-0.3, -0.25) is 4.79 Å². The summed E-state index contributed by atoms with van der Waals surface area (Å²) < 4.78 is 1.83. The maximum absolute atomic E-state index is 11.5. The number of carbonyl (C=O) groups excluding carboxylic acids is 1. The fourth-order valence-corrected chi connectivity index (χ4v) is 1.80. The minimum Gasteiger partial charge on any atom is -0.348 e. The van der Waals surface area contributed by atoms with Gasteiger partial charge in [0.2, 0.25) is 5.91 Å². The van der Waals surface area contributed by atoms with Crippen LogP contribution in [0.5, 0.6) is 0 Å². The summed E-state index contributed by atoms with van der Waals surface area (Å²) in [5.41, 5.74) is 2.08. The number of likely N-dealkylation sites (N-methyl/N-ethyl adjacent to an activating group) is 1. The fraction of sp³-hybridized carbons (Fsp3) is 0.333. The highest BCUT2D eigenvalue weighted by Gasteiger charge is 2.11. The van der Waals surface area contributed by atoms with Gasteiger partial charge < -0.3 is 10.2 Å². The number of nitrogens with zero attached hydrogens (tertiary/aromatic N) is 3. The van der Waals surface area contributed by atoms with E-state index < -0.39 is 0 Å². The minimum atomic E-state index is 0.0623. The molecule has 1 atom stereocenters. The third kappa shape index (κ3) is 3.45. The maximum atomic E-state index is 11.5. The smallest absolute Gasteiger partial charge is 0.236 e. The van der Waals surface area contributed by atoms with Gasteiger partial charge in [0, 0.05) is 31.9 Å². The first kappa shape index (κ1) is 14.3. The van der Waals surface area contributed by atoms with E-state index in [0.717, 1.165) is 11.3 Å². The number of benzene rings is 1. The van der Waals surface area contributed by atoms with Gasteiger partial charge in [0.15, 0.2) is 0 Å². The number of rotatable bonds is 5. The minimum absolute atomic E-state index is 0.0623. The SMILES string of the molecule is CC(NCC(=O)N(C)C)c1cnn(-c2ccccc2)c1. The van der Waals surface area contributed by atoms with Crippen LogP contribution < -0.4 is 5.32 Å². The molecule has 1 aromatic carbocycles. The van der Waals surface area contributed by atoms with E-state index in [9.17, 15) is 4.79 Å². The molecule has 0 bridgehead atoms. The summed E-state index contributed by atoms with van der Waals surface area (Å²) in [5, 5.41) is 7.55. The van der Waals surface area contributed by atoms with Crippen LogP contribution in [0.1, 0.15) is 18.5 Å². The lowest BCUT2D eigenvalue weighted by molar-refractivity contribution is -0.127. The Morgan fingerprint density at radius 1 is 1.35 bits per heavy atom. The van der Waals surface area contributed by atoms with Gasteiger partial charge >= 0.3 is 0 Å². The maximum Gasteiger partial charge on any atom is 0.236 e. The average Bonchev–Trinajstić information content (AvgIpc) is 2.95. The van der Waals surface area contributed by atoms with Crippen molar-refractivity contribution in [2.45, 2.75) is 13.0 Å². The molecule has 0 spiro atoms. The molecule has 0 fully saturated rings. The predicted molar refractivity (Wildman–Crippen MR) is 78.7 cm³/mol. The Hall–Kier alpha value is -2.14. The molecule has 0 aliphatic heterocycles. The Morgan fingerprint density at radius 2 is 2.05 bits per heavy atom. The largest absolute Gasteiger partial charge is 0.348 e. The zero-order chi connectivity index (χ0) is 14.5. The molecule has 1 N–H and O–H groups in total. The summed E-state index contributed by atoms with van der Waals surface area (Å²) in [4.78, 5) is 13.1. The van der Waals surface area contributed by atoms with Gasteiger partial charge in [-0.15, -0.1) is 0 Å². The summed E-state index contributed by atoms with van der Waals surface area (Å²) in [5.74, 6) is 0.0623. The van der Waals surface area contributed by atoms with Crippen molar-refractivity contribution < 1.29 is 4.79 Å². The Labute approximate surface area is 119 Å². The van der Waals surface area contributed by atoms with Crippen LogP contribution in [0.3, 0.4) is 0 Å². The predicted octanol–water partition coefficient (Wildman–Crippen LogP) is 1.61. The highest BCUT2D eigenvalue weighted by Crippen LogP contribution is 2.13. The standard InChI is InChI=1S/C15H20N4O/c1-12(16-10-15(20)18(2)3)13-9-17-19(11-13)14-7-5-4-6-8-14/h4-9,11-12,16H,10H2,1-3H3. The van der Waals surface area contributed by atoms with Crippen molar-refractivity contribution in [2.24, 2.45) is 0 Å². The number of aromatic nitrogens is 2. The van der Waals surface area contributed by atoms with Crippen LogP contribution in [0.4, 0.5) is 0 Å². The van der Waals surface area contributed by atoms with E-state index in [2.05, 4.69) is 10.4 Å². The van der Waals surface area contributed by atoms with E-state index in [1.165, 1.54) is 0 Å². The normalized spacial score (nSPS) is 12.2. The molecule has 5 nitrogen and oxygen atoms in total. The van der Waals surface area contributed by atoms with Gasteiger partial charge in [0.25, 0.3) is 0 Å². The van der Waals surface area contributed by atoms with Crippen LogP contribution in [0, 0.1) is 0 Å². The molecule has 1 amide bonds. The molecule has 20 heavy (non-hydrogen) atoms. The number of amides is 1. The first-order valence-electron chi connectivity index (χ1n) is 6.61. The lowest BCUT2D eigenvalue weighted by Gasteiger charge is -2.14. The third-order valence-corrected chi connectivity index (χ3v) is 3.18. The van der Waals surface area contributed by atoms with Gasteiger partial charge in [0.05, 0.1) is 18.4 Å². The summed E-state index contributed by atoms with van der Waals surface area (Å²) >= 11 is 0. The number of carbonyl (C=O) groups is 1. The Morgan fingerprint density at radius 3 is 2.70 bits per heavy atom. The van der Waals surface area contributed by atoms with E-state index in [1.807, 2.05) is 54.3 Å². The number of para-hydroxylation sites is 1. The van der Waals surface area contributed by atoms with Crippen LogP contribution >= 0.6 is 0 Å². The lowest BCUT2D eigenvalue weighted by Crippen LogP contribution is -2.34. The fourth-order valence-electron chi connectivity index (χ4n) is 1.80. The highest BCUT2D eigenvalue weighted by atomic mass is 16.2. The molecule has 5 heteroatoms. The summed E-state index contributed by atoms with van der Waals surface area (Å²) in [6.07, 6.45) is 3.80. The average molecular weight is 272 g/mol. The molecule has 2 rings (SSSR count). The zero-order valence-corrected chi connectivity index (χ0v) is 12.1. The third-order valence-electron chi connectivity index (χ3n) is 3.18. The second-order valence-electron chi connectivity index (χ2n) is 4.94.